The van der Waals surface area contributed by atoms with Gasteiger partial charge in [-0.15, -0.1) is 0 Å². The molecule has 1 N–H and O–H groups in total. The first-order valence-electron chi connectivity index (χ1n) is 13.4. The largest absolute Gasteiger partial charge is 0.354 e. The molecule has 0 bridgehead atoms. The van der Waals surface area contributed by atoms with Crippen LogP contribution in [-0.2, 0) is 26.2 Å². The predicted molar refractivity (Wildman–Crippen MR) is 156 cm³/mol. The van der Waals surface area contributed by atoms with Crippen LogP contribution in [0.4, 0.5) is 5.69 Å². The number of hydrogen-bond acceptors (Lipinski definition) is 4. The van der Waals surface area contributed by atoms with Crippen molar-refractivity contribution in [2.75, 3.05) is 17.4 Å². The van der Waals surface area contributed by atoms with E-state index in [1.165, 1.54) is 17.0 Å². The molecule has 3 aromatic rings. The second-order valence-corrected chi connectivity index (χ2v) is 11.5. The Morgan fingerprint density at radius 2 is 1.51 bits per heavy atom. The Kier molecular flexibility index (Phi) is 10.7. The van der Waals surface area contributed by atoms with Gasteiger partial charge in [-0.2, -0.15) is 0 Å². The zero-order valence-electron chi connectivity index (χ0n) is 23.3. The highest BCUT2D eigenvalue weighted by atomic mass is 32.2. The summed E-state index contributed by atoms with van der Waals surface area (Å²) in [6, 6.07) is 22.1. The van der Waals surface area contributed by atoms with Crippen LogP contribution >= 0.6 is 0 Å². The van der Waals surface area contributed by atoms with E-state index in [2.05, 4.69) is 5.32 Å². The molecule has 8 heteroatoms. The number of nitrogens with one attached hydrogen (secondary N) is 1. The van der Waals surface area contributed by atoms with Crippen molar-refractivity contribution in [1.29, 1.82) is 0 Å². The van der Waals surface area contributed by atoms with Gasteiger partial charge < -0.3 is 10.2 Å². The van der Waals surface area contributed by atoms with E-state index in [-0.39, 0.29) is 17.3 Å². The molecule has 0 aliphatic carbocycles. The molecule has 7 nitrogen and oxygen atoms in total. The van der Waals surface area contributed by atoms with Crippen molar-refractivity contribution in [3.8, 4) is 0 Å². The summed E-state index contributed by atoms with van der Waals surface area (Å²) < 4.78 is 28.9. The number of aryl methyl sites for hydroxylation is 2. The normalized spacial score (nSPS) is 12.0. The molecule has 2 amide bonds. The van der Waals surface area contributed by atoms with Crippen molar-refractivity contribution in [3.05, 3.63) is 95.6 Å². The summed E-state index contributed by atoms with van der Waals surface area (Å²) >= 11 is 0. The summed E-state index contributed by atoms with van der Waals surface area (Å²) in [5.41, 5.74) is 3.18. The zero-order valence-corrected chi connectivity index (χ0v) is 24.1. The molecule has 0 saturated carbocycles. The van der Waals surface area contributed by atoms with Crippen LogP contribution in [0.2, 0.25) is 0 Å². The van der Waals surface area contributed by atoms with Gasteiger partial charge >= 0.3 is 0 Å². The van der Waals surface area contributed by atoms with Crippen molar-refractivity contribution < 1.29 is 18.0 Å². The summed E-state index contributed by atoms with van der Waals surface area (Å²) in [6.45, 7) is 8.03. The minimum atomic E-state index is -4.07. The molecule has 0 heterocycles. The first-order valence-corrected chi connectivity index (χ1v) is 14.9. The van der Waals surface area contributed by atoms with Gasteiger partial charge in [-0.3, -0.25) is 13.9 Å². The summed E-state index contributed by atoms with van der Waals surface area (Å²) in [5, 5.41) is 2.95. The Balaban J connectivity index is 2.03. The molecule has 0 radical (unpaired) electrons. The van der Waals surface area contributed by atoms with Crippen LogP contribution in [0.1, 0.15) is 49.8 Å². The molecule has 0 aliphatic heterocycles. The van der Waals surface area contributed by atoms with E-state index in [4.69, 9.17) is 0 Å². The Labute approximate surface area is 232 Å². The maximum Gasteiger partial charge on any atom is 0.264 e. The summed E-state index contributed by atoms with van der Waals surface area (Å²) in [6.07, 6.45) is 2.17. The summed E-state index contributed by atoms with van der Waals surface area (Å²) in [7, 11) is -4.07. The average molecular weight is 550 g/mol. The highest BCUT2D eigenvalue weighted by Crippen LogP contribution is 2.26. The first kappa shape index (κ1) is 29.9. The molecule has 0 unspecified atom stereocenters. The van der Waals surface area contributed by atoms with Gasteiger partial charge in [0.25, 0.3) is 10.0 Å². The topological polar surface area (TPSA) is 86.8 Å². The number of unbranched alkanes of at least 4 members (excludes halogenated alkanes) is 1. The minimum absolute atomic E-state index is 0.0926. The highest BCUT2D eigenvalue weighted by Gasteiger charge is 2.33. The molecule has 0 saturated heterocycles. The van der Waals surface area contributed by atoms with E-state index in [0.29, 0.717) is 18.7 Å². The SMILES string of the molecule is CCCCNC(=O)[C@@H](CC)N(Cc1ccccc1)C(=O)CN(c1ccc(C)c(C)c1)S(=O)(=O)c1ccccc1. The number of amides is 2. The van der Waals surface area contributed by atoms with Crippen molar-refractivity contribution in [2.45, 2.75) is 64.4 Å². The standard InChI is InChI=1S/C31H39N3O4S/c1-5-7-20-32-31(36)29(6-2)33(22-26-14-10-8-11-15-26)30(35)23-34(27-19-18-24(3)25(4)21-27)39(37,38)28-16-12-9-13-17-28/h8-19,21,29H,5-7,20,22-23H2,1-4H3,(H,32,36)/t29-/m1/s1. The van der Waals surface area contributed by atoms with Crippen LogP contribution in [0.3, 0.4) is 0 Å². The third-order valence-electron chi connectivity index (χ3n) is 6.80. The Bertz CT molecular complexity index is 1340. The minimum Gasteiger partial charge on any atom is -0.354 e. The Morgan fingerprint density at radius 1 is 0.872 bits per heavy atom. The fourth-order valence-electron chi connectivity index (χ4n) is 4.33. The predicted octanol–water partition coefficient (Wildman–Crippen LogP) is 5.22. The lowest BCUT2D eigenvalue weighted by atomic mass is 10.1. The highest BCUT2D eigenvalue weighted by molar-refractivity contribution is 7.92. The van der Waals surface area contributed by atoms with Gasteiger partial charge in [-0.05, 0) is 67.6 Å². The monoisotopic (exact) mass is 549 g/mol. The Hall–Kier alpha value is -3.65. The molecule has 0 aliphatic rings. The average Bonchev–Trinajstić information content (AvgIpc) is 2.94. The van der Waals surface area contributed by atoms with E-state index < -0.39 is 28.5 Å². The van der Waals surface area contributed by atoms with Crippen LogP contribution in [0.15, 0.2) is 83.8 Å². The van der Waals surface area contributed by atoms with E-state index in [9.17, 15) is 18.0 Å². The summed E-state index contributed by atoms with van der Waals surface area (Å²) in [4.78, 5) is 28.8. The molecular weight excluding hydrogens is 510 g/mol. The number of carbonyl (C=O) groups excluding carboxylic acids is 2. The number of anilines is 1. The Morgan fingerprint density at radius 3 is 2.10 bits per heavy atom. The van der Waals surface area contributed by atoms with Crippen LogP contribution < -0.4 is 9.62 Å². The van der Waals surface area contributed by atoms with E-state index >= 15 is 0 Å². The molecule has 1 atom stereocenters. The fraction of sp³-hybridized carbons (Fsp3) is 0.355. The van der Waals surface area contributed by atoms with Gasteiger partial charge in [-0.1, -0.05) is 74.9 Å². The van der Waals surface area contributed by atoms with Crippen molar-refractivity contribution in [2.24, 2.45) is 0 Å². The van der Waals surface area contributed by atoms with Crippen LogP contribution in [0.5, 0.6) is 0 Å². The van der Waals surface area contributed by atoms with Gasteiger partial charge in [0.1, 0.15) is 12.6 Å². The third-order valence-corrected chi connectivity index (χ3v) is 8.59. The molecule has 3 aromatic carbocycles. The fourth-order valence-corrected chi connectivity index (χ4v) is 5.76. The molecule has 0 spiro atoms. The number of rotatable bonds is 13. The van der Waals surface area contributed by atoms with Crippen LogP contribution in [0.25, 0.3) is 0 Å². The van der Waals surface area contributed by atoms with Gasteiger partial charge in [0.15, 0.2) is 0 Å². The number of benzene rings is 3. The van der Waals surface area contributed by atoms with Gasteiger partial charge in [0.2, 0.25) is 11.8 Å². The van der Waals surface area contributed by atoms with Gasteiger partial charge in [0, 0.05) is 13.1 Å². The number of hydrogen-bond donors (Lipinski definition) is 1. The lowest BCUT2D eigenvalue weighted by molar-refractivity contribution is -0.140. The lowest BCUT2D eigenvalue weighted by Crippen LogP contribution is -2.52. The van der Waals surface area contributed by atoms with E-state index in [1.807, 2.05) is 64.1 Å². The van der Waals surface area contributed by atoms with Crippen molar-refractivity contribution >= 4 is 27.5 Å². The van der Waals surface area contributed by atoms with Crippen LogP contribution in [0, 0.1) is 13.8 Å². The van der Waals surface area contributed by atoms with Gasteiger partial charge in [-0.25, -0.2) is 8.42 Å². The van der Waals surface area contributed by atoms with Crippen molar-refractivity contribution in [3.63, 3.8) is 0 Å². The van der Waals surface area contributed by atoms with Crippen molar-refractivity contribution in [1.82, 2.24) is 10.2 Å². The maximum atomic E-state index is 14.0. The van der Waals surface area contributed by atoms with E-state index in [1.54, 1.807) is 30.3 Å². The molecule has 208 valence electrons. The lowest BCUT2D eigenvalue weighted by Gasteiger charge is -2.33. The second kappa shape index (κ2) is 13.9. The number of carbonyl (C=O) groups is 2. The zero-order chi connectivity index (χ0) is 28.4. The smallest absolute Gasteiger partial charge is 0.264 e. The van der Waals surface area contributed by atoms with Gasteiger partial charge in [0.05, 0.1) is 10.6 Å². The third kappa shape index (κ3) is 7.69. The second-order valence-electron chi connectivity index (χ2n) is 9.67. The number of sulfonamides is 1. The van der Waals surface area contributed by atoms with E-state index in [0.717, 1.165) is 33.8 Å². The molecule has 0 fully saturated rings. The molecular formula is C31H39N3O4S. The first-order chi connectivity index (χ1) is 18.7. The molecule has 3 rings (SSSR count). The number of nitrogens with zero attached hydrogens (tertiary/aromatic N) is 2. The summed E-state index contributed by atoms with van der Waals surface area (Å²) in [5.74, 6) is -0.687. The molecule has 0 aromatic heterocycles. The van der Waals surface area contributed by atoms with Crippen LogP contribution in [-0.4, -0.2) is 44.3 Å². The molecule has 39 heavy (non-hydrogen) atoms. The quantitative estimate of drug-likeness (QED) is 0.296. The maximum absolute atomic E-state index is 14.0.